The molecule has 2 atom stereocenters. The smallest absolute Gasteiger partial charge is 0.407 e. The highest BCUT2D eigenvalue weighted by Crippen LogP contribution is 2.12. The fourth-order valence-corrected chi connectivity index (χ4v) is 1.47. The van der Waals surface area contributed by atoms with Crippen LogP contribution in [0.3, 0.4) is 0 Å². The lowest BCUT2D eigenvalue weighted by Gasteiger charge is -2.28. The fourth-order valence-electron chi connectivity index (χ4n) is 1.47. The number of carbonyl (C=O) groups is 1. The second-order valence-corrected chi connectivity index (χ2v) is 5.51. The zero-order chi connectivity index (χ0) is 13.6. The van der Waals surface area contributed by atoms with Crippen molar-refractivity contribution in [3.63, 3.8) is 0 Å². The molecule has 100 valence electrons. The van der Waals surface area contributed by atoms with Gasteiger partial charge in [0.1, 0.15) is 5.60 Å². The molecule has 0 rings (SSSR count). The fraction of sp³-hybridized carbons (Fsp3) is 0.769. The first kappa shape index (κ1) is 16.0. The van der Waals surface area contributed by atoms with E-state index in [1.54, 1.807) is 26.8 Å². The average Bonchev–Trinajstić information content (AvgIpc) is 2.11. The third-order valence-electron chi connectivity index (χ3n) is 2.22. The minimum absolute atomic E-state index is 0.123. The van der Waals surface area contributed by atoms with E-state index in [4.69, 9.17) is 4.74 Å². The summed E-state index contributed by atoms with van der Waals surface area (Å²) in [7, 11) is 0. The van der Waals surface area contributed by atoms with Crippen molar-refractivity contribution in [3.8, 4) is 0 Å². The molecule has 0 heterocycles. The topological polar surface area (TPSA) is 58.6 Å². The summed E-state index contributed by atoms with van der Waals surface area (Å²) in [5.74, 6) is 0.123. The normalized spacial score (nSPS) is 15.2. The lowest BCUT2D eigenvalue weighted by atomic mass is 9.96. The molecule has 0 saturated carbocycles. The summed E-state index contributed by atoms with van der Waals surface area (Å²) >= 11 is 0. The highest BCUT2D eigenvalue weighted by Gasteiger charge is 2.26. The first-order valence-corrected chi connectivity index (χ1v) is 5.96. The molecule has 2 unspecified atom stereocenters. The molecule has 0 aliphatic carbocycles. The van der Waals surface area contributed by atoms with E-state index in [1.807, 2.05) is 13.8 Å². The number of aliphatic hydroxyl groups excluding tert-OH is 1. The largest absolute Gasteiger partial charge is 0.444 e. The third-order valence-corrected chi connectivity index (χ3v) is 2.22. The summed E-state index contributed by atoms with van der Waals surface area (Å²) in [6.45, 7) is 12.9. The Labute approximate surface area is 104 Å². The van der Waals surface area contributed by atoms with Gasteiger partial charge in [0, 0.05) is 0 Å². The van der Waals surface area contributed by atoms with E-state index in [1.165, 1.54) is 0 Å². The Morgan fingerprint density at radius 1 is 1.47 bits per heavy atom. The van der Waals surface area contributed by atoms with Crippen LogP contribution in [0, 0.1) is 5.92 Å². The van der Waals surface area contributed by atoms with E-state index in [2.05, 4.69) is 11.9 Å². The van der Waals surface area contributed by atoms with Crippen molar-refractivity contribution in [3.05, 3.63) is 12.7 Å². The van der Waals surface area contributed by atoms with Gasteiger partial charge in [0.05, 0.1) is 12.1 Å². The highest BCUT2D eigenvalue weighted by molar-refractivity contribution is 5.68. The van der Waals surface area contributed by atoms with Gasteiger partial charge >= 0.3 is 6.09 Å². The van der Waals surface area contributed by atoms with E-state index >= 15 is 0 Å². The number of carbonyl (C=O) groups excluding carboxylic acids is 1. The van der Waals surface area contributed by atoms with Crippen molar-refractivity contribution in [1.29, 1.82) is 0 Å². The van der Waals surface area contributed by atoms with Gasteiger partial charge < -0.3 is 15.2 Å². The second kappa shape index (κ2) is 6.64. The van der Waals surface area contributed by atoms with Crippen LogP contribution in [0.4, 0.5) is 4.79 Å². The molecule has 0 spiro atoms. The van der Waals surface area contributed by atoms with Crippen molar-refractivity contribution in [2.24, 2.45) is 5.92 Å². The molecule has 4 heteroatoms. The van der Waals surface area contributed by atoms with Crippen LogP contribution in [-0.4, -0.2) is 28.9 Å². The van der Waals surface area contributed by atoms with Gasteiger partial charge in [-0.05, 0) is 33.1 Å². The van der Waals surface area contributed by atoms with Crippen molar-refractivity contribution in [2.45, 2.75) is 58.8 Å². The molecule has 4 nitrogen and oxygen atoms in total. The van der Waals surface area contributed by atoms with Crippen molar-refractivity contribution < 1.29 is 14.6 Å². The summed E-state index contributed by atoms with van der Waals surface area (Å²) in [5, 5.41) is 12.6. The molecule has 0 fully saturated rings. The van der Waals surface area contributed by atoms with Crippen LogP contribution in [0.15, 0.2) is 12.7 Å². The lowest BCUT2D eigenvalue weighted by molar-refractivity contribution is 0.0379. The molecule has 0 aliphatic heterocycles. The van der Waals surface area contributed by atoms with Crippen LogP contribution < -0.4 is 5.32 Å². The maximum absolute atomic E-state index is 11.6. The van der Waals surface area contributed by atoms with E-state index in [0.717, 1.165) is 0 Å². The van der Waals surface area contributed by atoms with Crippen LogP contribution in [-0.2, 0) is 4.74 Å². The van der Waals surface area contributed by atoms with Crippen LogP contribution in [0.5, 0.6) is 0 Å². The molecule has 0 saturated heterocycles. The summed E-state index contributed by atoms with van der Waals surface area (Å²) in [4.78, 5) is 11.6. The van der Waals surface area contributed by atoms with Gasteiger partial charge in [-0.3, -0.25) is 0 Å². The Bertz CT molecular complexity index is 256. The van der Waals surface area contributed by atoms with Crippen LogP contribution in [0.2, 0.25) is 0 Å². The molecule has 0 aromatic carbocycles. The zero-order valence-electron chi connectivity index (χ0n) is 11.5. The van der Waals surface area contributed by atoms with Crippen molar-refractivity contribution in [1.82, 2.24) is 5.32 Å². The molecule has 0 aliphatic rings. The zero-order valence-corrected chi connectivity index (χ0v) is 11.5. The van der Waals surface area contributed by atoms with E-state index in [0.29, 0.717) is 6.42 Å². The SMILES string of the molecule is C=CCC(O)C(NC(=O)OC(C)(C)C)C(C)C. The Hall–Kier alpha value is -1.03. The Kier molecular flexibility index (Phi) is 6.24. The lowest BCUT2D eigenvalue weighted by Crippen LogP contribution is -2.48. The maximum atomic E-state index is 11.6. The van der Waals surface area contributed by atoms with Gasteiger partial charge in [0.15, 0.2) is 0 Å². The number of nitrogens with one attached hydrogen (secondary N) is 1. The number of ether oxygens (including phenoxy) is 1. The van der Waals surface area contributed by atoms with Gasteiger partial charge in [-0.1, -0.05) is 19.9 Å². The average molecular weight is 243 g/mol. The monoisotopic (exact) mass is 243 g/mol. The molecule has 0 aromatic heterocycles. The number of rotatable bonds is 5. The molecular weight excluding hydrogens is 218 g/mol. The van der Waals surface area contributed by atoms with E-state index in [-0.39, 0.29) is 12.0 Å². The minimum atomic E-state index is -0.639. The van der Waals surface area contributed by atoms with Crippen LogP contribution in [0.1, 0.15) is 41.0 Å². The number of alkyl carbamates (subject to hydrolysis) is 1. The van der Waals surface area contributed by atoms with Gasteiger partial charge in [-0.2, -0.15) is 0 Å². The molecule has 1 amide bonds. The molecule has 0 aromatic rings. The van der Waals surface area contributed by atoms with E-state index < -0.39 is 17.8 Å². The quantitative estimate of drug-likeness (QED) is 0.729. The van der Waals surface area contributed by atoms with Gasteiger partial charge in [-0.15, -0.1) is 6.58 Å². The van der Waals surface area contributed by atoms with Gasteiger partial charge in [0.2, 0.25) is 0 Å². The molecule has 0 bridgehead atoms. The number of hydrogen-bond donors (Lipinski definition) is 2. The third kappa shape index (κ3) is 7.00. The summed E-state index contributed by atoms with van der Waals surface area (Å²) < 4.78 is 5.16. The van der Waals surface area contributed by atoms with Gasteiger partial charge in [0.25, 0.3) is 0 Å². The first-order chi connectivity index (χ1) is 7.67. The number of aliphatic hydroxyl groups is 1. The Morgan fingerprint density at radius 2 is 2.00 bits per heavy atom. The predicted molar refractivity (Wildman–Crippen MR) is 68.8 cm³/mol. The van der Waals surface area contributed by atoms with E-state index in [9.17, 15) is 9.90 Å². The predicted octanol–water partition coefficient (Wildman–Crippen LogP) is 2.47. The molecule has 17 heavy (non-hydrogen) atoms. The summed E-state index contributed by atoms with van der Waals surface area (Å²) in [6.07, 6.45) is 0.939. The maximum Gasteiger partial charge on any atom is 0.407 e. The van der Waals surface area contributed by atoms with Crippen LogP contribution in [0.25, 0.3) is 0 Å². The molecule has 2 N–H and O–H groups in total. The number of amides is 1. The standard InChI is InChI=1S/C13H25NO3/c1-7-8-10(15)11(9(2)3)14-12(16)17-13(4,5)6/h7,9-11,15H,1,8H2,2-6H3,(H,14,16). The summed E-state index contributed by atoms with van der Waals surface area (Å²) in [5.41, 5.74) is -0.533. The minimum Gasteiger partial charge on any atom is -0.444 e. The highest BCUT2D eigenvalue weighted by atomic mass is 16.6. The molecular formula is C13H25NO3. The second-order valence-electron chi connectivity index (χ2n) is 5.51. The van der Waals surface area contributed by atoms with Crippen molar-refractivity contribution >= 4 is 6.09 Å². The van der Waals surface area contributed by atoms with Crippen LogP contribution >= 0.6 is 0 Å². The Balaban J connectivity index is 4.45. The Morgan fingerprint density at radius 3 is 2.35 bits per heavy atom. The number of hydrogen-bond acceptors (Lipinski definition) is 3. The van der Waals surface area contributed by atoms with Gasteiger partial charge in [-0.25, -0.2) is 4.79 Å². The first-order valence-electron chi connectivity index (χ1n) is 5.96. The summed E-state index contributed by atoms with van der Waals surface area (Å²) in [6, 6.07) is -0.331. The van der Waals surface area contributed by atoms with Crippen molar-refractivity contribution in [2.75, 3.05) is 0 Å². The molecule has 0 radical (unpaired) electrons.